The summed E-state index contributed by atoms with van der Waals surface area (Å²) in [5.41, 5.74) is 7.93. The first-order valence-electron chi connectivity index (χ1n) is 7.32. The Balaban J connectivity index is 2.86. The maximum absolute atomic E-state index is 6.36. The van der Waals surface area contributed by atoms with Gasteiger partial charge in [0.25, 0.3) is 0 Å². The third-order valence-electron chi connectivity index (χ3n) is 3.22. The molecule has 1 aromatic rings. The number of nitrogens with zero attached hydrogens (tertiary/aromatic N) is 2. The summed E-state index contributed by atoms with van der Waals surface area (Å²) in [4.78, 5) is 4.61. The van der Waals surface area contributed by atoms with E-state index in [9.17, 15) is 0 Å². The average Bonchev–Trinajstić information content (AvgIpc) is 2.36. The van der Waals surface area contributed by atoms with Crippen LogP contribution in [0.2, 0.25) is 5.02 Å². The molecular weight excluding hydrogens is 270 g/mol. The van der Waals surface area contributed by atoms with Crippen LogP contribution in [0.15, 0.2) is 18.2 Å². The first kappa shape index (κ1) is 17.3. The zero-order valence-corrected chi connectivity index (χ0v) is 14.0. The Morgan fingerprint density at radius 2 is 1.90 bits per heavy atom. The van der Waals surface area contributed by atoms with Gasteiger partial charge in [0.05, 0.1) is 0 Å². The molecule has 0 bridgehead atoms. The first-order valence-corrected chi connectivity index (χ1v) is 7.70. The van der Waals surface area contributed by atoms with Crippen molar-refractivity contribution >= 4 is 17.3 Å². The topological polar surface area (TPSA) is 32.5 Å². The molecular formula is C16H28ClN3. The summed E-state index contributed by atoms with van der Waals surface area (Å²) in [7, 11) is 4.20. The Bertz CT molecular complexity index is 405. The predicted octanol–water partition coefficient (Wildman–Crippen LogP) is 2.87. The fraction of sp³-hybridized carbons (Fsp3) is 0.625. The lowest BCUT2D eigenvalue weighted by molar-refractivity contribution is 0.409. The molecule has 0 atom stereocenters. The maximum atomic E-state index is 6.36. The second-order valence-electron chi connectivity index (χ2n) is 5.96. The highest BCUT2D eigenvalue weighted by molar-refractivity contribution is 6.31. The van der Waals surface area contributed by atoms with E-state index in [1.807, 2.05) is 0 Å². The van der Waals surface area contributed by atoms with Crippen molar-refractivity contribution in [3.63, 3.8) is 0 Å². The third-order valence-corrected chi connectivity index (χ3v) is 3.57. The van der Waals surface area contributed by atoms with Crippen LogP contribution in [-0.2, 0) is 6.42 Å². The average molecular weight is 298 g/mol. The summed E-state index contributed by atoms with van der Waals surface area (Å²) in [6, 6.07) is 6.34. The molecule has 0 fully saturated rings. The van der Waals surface area contributed by atoms with Gasteiger partial charge in [0, 0.05) is 30.3 Å². The summed E-state index contributed by atoms with van der Waals surface area (Å²) < 4.78 is 0. The summed E-state index contributed by atoms with van der Waals surface area (Å²) in [6.45, 7) is 8.21. The molecule has 0 aliphatic heterocycles. The Labute approximate surface area is 128 Å². The minimum Gasteiger partial charge on any atom is -0.370 e. The maximum Gasteiger partial charge on any atom is 0.0459 e. The molecule has 0 saturated carbocycles. The molecule has 1 rings (SSSR count). The van der Waals surface area contributed by atoms with Crippen molar-refractivity contribution < 1.29 is 0 Å². The quantitative estimate of drug-likeness (QED) is 0.801. The molecule has 3 nitrogen and oxygen atoms in total. The van der Waals surface area contributed by atoms with Crippen LogP contribution in [0.4, 0.5) is 5.69 Å². The standard InChI is InChI=1S/C16H28ClN3/c1-13(2)12-20(10-9-19(3)4)15-6-5-14(7-8-18)16(17)11-15/h5-6,11,13H,7-10,12,18H2,1-4H3. The Morgan fingerprint density at radius 1 is 1.20 bits per heavy atom. The number of hydrogen-bond donors (Lipinski definition) is 1. The molecule has 0 amide bonds. The molecule has 4 heteroatoms. The van der Waals surface area contributed by atoms with E-state index in [0.29, 0.717) is 12.5 Å². The highest BCUT2D eigenvalue weighted by atomic mass is 35.5. The van der Waals surface area contributed by atoms with E-state index in [0.717, 1.165) is 36.6 Å². The van der Waals surface area contributed by atoms with Gasteiger partial charge in [-0.25, -0.2) is 0 Å². The molecule has 0 unspecified atom stereocenters. The smallest absolute Gasteiger partial charge is 0.0459 e. The molecule has 0 radical (unpaired) electrons. The SMILES string of the molecule is CC(C)CN(CCN(C)C)c1ccc(CCN)c(Cl)c1. The van der Waals surface area contributed by atoms with E-state index < -0.39 is 0 Å². The lowest BCUT2D eigenvalue weighted by Crippen LogP contribution is -2.34. The lowest BCUT2D eigenvalue weighted by atomic mass is 10.1. The van der Waals surface area contributed by atoms with Gasteiger partial charge in [-0.2, -0.15) is 0 Å². The highest BCUT2D eigenvalue weighted by Crippen LogP contribution is 2.24. The summed E-state index contributed by atoms with van der Waals surface area (Å²) >= 11 is 6.36. The molecule has 20 heavy (non-hydrogen) atoms. The number of anilines is 1. The summed E-state index contributed by atoms with van der Waals surface area (Å²) in [5, 5.41) is 0.826. The largest absolute Gasteiger partial charge is 0.370 e. The van der Waals surface area contributed by atoms with E-state index in [1.165, 1.54) is 5.69 Å². The Morgan fingerprint density at radius 3 is 2.40 bits per heavy atom. The minimum absolute atomic E-state index is 0.625. The van der Waals surface area contributed by atoms with Crippen molar-refractivity contribution in [3.8, 4) is 0 Å². The zero-order valence-electron chi connectivity index (χ0n) is 13.2. The van der Waals surface area contributed by atoms with Gasteiger partial charge in [-0.05, 0) is 50.7 Å². The summed E-state index contributed by atoms with van der Waals surface area (Å²) in [6.07, 6.45) is 0.834. The van der Waals surface area contributed by atoms with Gasteiger partial charge < -0.3 is 15.5 Å². The van der Waals surface area contributed by atoms with E-state index in [2.05, 4.69) is 55.9 Å². The van der Waals surface area contributed by atoms with Crippen LogP contribution >= 0.6 is 11.6 Å². The van der Waals surface area contributed by atoms with Crippen molar-refractivity contribution in [1.82, 2.24) is 4.90 Å². The second kappa shape index (κ2) is 8.50. The second-order valence-corrected chi connectivity index (χ2v) is 6.36. The van der Waals surface area contributed by atoms with Gasteiger partial charge in [-0.3, -0.25) is 0 Å². The molecule has 0 saturated heterocycles. The first-order chi connectivity index (χ1) is 9.43. The number of halogens is 1. The van der Waals surface area contributed by atoms with Crippen LogP contribution < -0.4 is 10.6 Å². The molecule has 0 aliphatic rings. The van der Waals surface area contributed by atoms with Crippen LogP contribution in [0, 0.1) is 5.92 Å². The van der Waals surface area contributed by atoms with Gasteiger partial charge >= 0.3 is 0 Å². The molecule has 0 spiro atoms. The van der Waals surface area contributed by atoms with E-state index in [-0.39, 0.29) is 0 Å². The minimum atomic E-state index is 0.625. The van der Waals surface area contributed by atoms with Gasteiger partial charge in [0.2, 0.25) is 0 Å². The van der Waals surface area contributed by atoms with Crippen molar-refractivity contribution in [2.24, 2.45) is 11.7 Å². The molecule has 1 aromatic carbocycles. The van der Waals surface area contributed by atoms with Gasteiger partial charge in [0.15, 0.2) is 0 Å². The molecule has 114 valence electrons. The number of likely N-dealkylation sites (N-methyl/N-ethyl adjacent to an activating group) is 1. The van der Waals surface area contributed by atoms with Crippen LogP contribution in [0.1, 0.15) is 19.4 Å². The highest BCUT2D eigenvalue weighted by Gasteiger charge is 2.11. The predicted molar refractivity (Wildman–Crippen MR) is 89.8 cm³/mol. The van der Waals surface area contributed by atoms with Crippen molar-refractivity contribution in [2.75, 3.05) is 45.2 Å². The summed E-state index contributed by atoms with van der Waals surface area (Å²) in [5.74, 6) is 0.625. The molecule has 0 heterocycles. The lowest BCUT2D eigenvalue weighted by Gasteiger charge is -2.28. The molecule has 2 N–H and O–H groups in total. The van der Waals surface area contributed by atoms with Crippen molar-refractivity contribution in [2.45, 2.75) is 20.3 Å². The van der Waals surface area contributed by atoms with Gasteiger partial charge in [0.1, 0.15) is 0 Å². The number of benzene rings is 1. The van der Waals surface area contributed by atoms with Crippen LogP contribution in [0.25, 0.3) is 0 Å². The van der Waals surface area contributed by atoms with Crippen LogP contribution in [0.3, 0.4) is 0 Å². The Hall–Kier alpha value is -0.770. The monoisotopic (exact) mass is 297 g/mol. The normalized spacial score (nSPS) is 11.4. The van der Waals surface area contributed by atoms with Crippen molar-refractivity contribution in [1.29, 1.82) is 0 Å². The molecule has 0 aliphatic carbocycles. The van der Waals surface area contributed by atoms with E-state index in [1.54, 1.807) is 0 Å². The number of nitrogens with two attached hydrogens (primary N) is 1. The van der Waals surface area contributed by atoms with Crippen molar-refractivity contribution in [3.05, 3.63) is 28.8 Å². The fourth-order valence-electron chi connectivity index (χ4n) is 2.18. The number of rotatable bonds is 8. The van der Waals surface area contributed by atoms with E-state index in [4.69, 9.17) is 17.3 Å². The zero-order chi connectivity index (χ0) is 15.1. The third kappa shape index (κ3) is 5.70. The number of hydrogen-bond acceptors (Lipinski definition) is 3. The fourth-order valence-corrected chi connectivity index (χ4v) is 2.45. The molecule has 0 aromatic heterocycles. The Kier molecular flexibility index (Phi) is 7.35. The van der Waals surface area contributed by atoms with Gasteiger partial charge in [-0.15, -0.1) is 0 Å². The van der Waals surface area contributed by atoms with E-state index >= 15 is 0 Å². The van der Waals surface area contributed by atoms with Crippen LogP contribution in [0.5, 0.6) is 0 Å². The van der Waals surface area contributed by atoms with Crippen LogP contribution in [-0.4, -0.2) is 45.2 Å². The van der Waals surface area contributed by atoms with Gasteiger partial charge in [-0.1, -0.05) is 31.5 Å².